The van der Waals surface area contributed by atoms with Gasteiger partial charge in [0.2, 0.25) is 0 Å². The zero-order valence-corrected chi connectivity index (χ0v) is 12.7. The lowest BCUT2D eigenvalue weighted by Crippen LogP contribution is -2.15. The van der Waals surface area contributed by atoms with Crippen LogP contribution in [-0.2, 0) is 10.0 Å². The molecule has 8 heteroatoms. The van der Waals surface area contributed by atoms with E-state index in [9.17, 15) is 8.42 Å². The summed E-state index contributed by atoms with van der Waals surface area (Å²) in [6, 6.07) is 5.74. The summed E-state index contributed by atoms with van der Waals surface area (Å²) in [6.07, 6.45) is 1.39. The van der Waals surface area contributed by atoms with Crippen LogP contribution in [0.25, 0.3) is 0 Å². The number of hydrogen-bond acceptors (Lipinski definition) is 4. The number of anilines is 2. The van der Waals surface area contributed by atoms with Crippen LogP contribution in [0.1, 0.15) is 5.56 Å². The number of halogens is 2. The van der Waals surface area contributed by atoms with Crippen molar-refractivity contribution >= 4 is 44.7 Å². The molecule has 2 rings (SSSR count). The highest BCUT2D eigenvalue weighted by Crippen LogP contribution is 2.28. The van der Waals surface area contributed by atoms with Gasteiger partial charge in [-0.25, -0.2) is 13.4 Å². The Labute approximate surface area is 126 Å². The maximum atomic E-state index is 12.3. The van der Waals surface area contributed by atoms with Crippen LogP contribution in [0.3, 0.4) is 0 Å². The molecule has 0 saturated heterocycles. The molecule has 0 amide bonds. The first-order valence-corrected chi connectivity index (χ1v) is 7.73. The highest BCUT2D eigenvalue weighted by Gasteiger charge is 2.20. The third-order valence-corrected chi connectivity index (χ3v) is 4.63. The summed E-state index contributed by atoms with van der Waals surface area (Å²) in [6.45, 7) is 1.74. The van der Waals surface area contributed by atoms with E-state index < -0.39 is 10.0 Å². The van der Waals surface area contributed by atoms with Gasteiger partial charge in [-0.05, 0) is 30.7 Å². The molecule has 0 atom stereocenters. The summed E-state index contributed by atoms with van der Waals surface area (Å²) in [5.41, 5.74) is 6.76. The molecule has 5 nitrogen and oxygen atoms in total. The molecule has 0 aliphatic carbocycles. The lowest BCUT2D eigenvalue weighted by molar-refractivity contribution is 0.601. The second-order valence-corrected chi connectivity index (χ2v) is 6.60. The standard InChI is InChI=1S/C12H11Cl2N3O2S/c1-7-4-9(14)11(6-10(7)15)20(18,19)17-12-5-8(13)2-3-16-12/h2-6H,15H2,1H3,(H,16,17). The van der Waals surface area contributed by atoms with Crippen molar-refractivity contribution in [1.82, 2.24) is 4.98 Å². The zero-order chi connectivity index (χ0) is 14.9. The number of nitrogen functional groups attached to an aromatic ring is 1. The van der Waals surface area contributed by atoms with Gasteiger partial charge in [0, 0.05) is 23.0 Å². The molecule has 0 bridgehead atoms. The van der Waals surface area contributed by atoms with Crippen LogP contribution in [-0.4, -0.2) is 13.4 Å². The van der Waals surface area contributed by atoms with Gasteiger partial charge < -0.3 is 5.73 Å². The molecule has 2 aromatic rings. The number of benzene rings is 1. The third-order valence-electron chi connectivity index (χ3n) is 2.57. The number of nitrogens with zero attached hydrogens (tertiary/aromatic N) is 1. The van der Waals surface area contributed by atoms with Crippen molar-refractivity contribution < 1.29 is 8.42 Å². The van der Waals surface area contributed by atoms with Crippen LogP contribution >= 0.6 is 23.2 Å². The van der Waals surface area contributed by atoms with Crippen molar-refractivity contribution in [3.8, 4) is 0 Å². The van der Waals surface area contributed by atoms with Gasteiger partial charge >= 0.3 is 0 Å². The number of hydrogen-bond donors (Lipinski definition) is 2. The summed E-state index contributed by atoms with van der Waals surface area (Å²) in [4.78, 5) is 3.76. The Morgan fingerprint density at radius 2 is 1.95 bits per heavy atom. The fourth-order valence-electron chi connectivity index (χ4n) is 1.53. The lowest BCUT2D eigenvalue weighted by atomic mass is 10.2. The molecule has 0 aliphatic heterocycles. The maximum absolute atomic E-state index is 12.3. The van der Waals surface area contributed by atoms with E-state index in [0.717, 1.165) is 0 Å². The number of aromatic nitrogens is 1. The second kappa shape index (κ2) is 5.47. The minimum Gasteiger partial charge on any atom is -0.398 e. The molecule has 1 aromatic carbocycles. The molecule has 0 fully saturated rings. The molecule has 20 heavy (non-hydrogen) atoms. The number of sulfonamides is 1. The highest BCUT2D eigenvalue weighted by atomic mass is 35.5. The summed E-state index contributed by atoms with van der Waals surface area (Å²) >= 11 is 11.7. The van der Waals surface area contributed by atoms with Gasteiger partial charge in [-0.15, -0.1) is 0 Å². The SMILES string of the molecule is Cc1cc(Cl)c(S(=O)(=O)Nc2cc(Cl)ccn2)cc1N. The van der Waals surface area contributed by atoms with E-state index in [0.29, 0.717) is 16.3 Å². The minimum atomic E-state index is -3.88. The van der Waals surface area contributed by atoms with Gasteiger partial charge in [0.05, 0.1) is 5.02 Å². The number of nitrogens with one attached hydrogen (secondary N) is 1. The summed E-state index contributed by atoms with van der Waals surface area (Å²) in [5, 5.41) is 0.457. The molecule has 0 unspecified atom stereocenters. The summed E-state index contributed by atoms with van der Waals surface area (Å²) in [5.74, 6) is 0.104. The number of rotatable bonds is 3. The largest absolute Gasteiger partial charge is 0.398 e. The molecule has 0 aliphatic rings. The minimum absolute atomic E-state index is 0.0891. The molecule has 1 aromatic heterocycles. The first kappa shape index (κ1) is 14.9. The van der Waals surface area contributed by atoms with E-state index >= 15 is 0 Å². The van der Waals surface area contributed by atoms with Crippen molar-refractivity contribution in [2.45, 2.75) is 11.8 Å². The molecule has 3 N–H and O–H groups in total. The Hall–Kier alpha value is -1.50. The van der Waals surface area contributed by atoms with Crippen LogP contribution in [0.5, 0.6) is 0 Å². The number of nitrogens with two attached hydrogens (primary N) is 1. The van der Waals surface area contributed by atoms with E-state index in [1.54, 1.807) is 6.92 Å². The molecule has 0 radical (unpaired) electrons. The normalized spacial score (nSPS) is 11.3. The predicted molar refractivity (Wildman–Crippen MR) is 80.7 cm³/mol. The Kier molecular flexibility index (Phi) is 4.08. The van der Waals surface area contributed by atoms with Gasteiger partial charge in [0.25, 0.3) is 10.0 Å². The Balaban J connectivity index is 2.43. The van der Waals surface area contributed by atoms with Gasteiger partial charge in [0.1, 0.15) is 10.7 Å². The van der Waals surface area contributed by atoms with E-state index in [2.05, 4.69) is 9.71 Å². The first-order valence-electron chi connectivity index (χ1n) is 5.49. The van der Waals surface area contributed by atoms with Crippen molar-refractivity contribution in [3.63, 3.8) is 0 Å². The van der Waals surface area contributed by atoms with Gasteiger partial charge in [-0.2, -0.15) is 0 Å². The van der Waals surface area contributed by atoms with Crippen molar-refractivity contribution in [2.24, 2.45) is 0 Å². The van der Waals surface area contributed by atoms with Crippen LogP contribution in [0.15, 0.2) is 35.4 Å². The van der Waals surface area contributed by atoms with Gasteiger partial charge in [-0.3, -0.25) is 4.72 Å². The van der Waals surface area contributed by atoms with Crippen LogP contribution < -0.4 is 10.5 Å². The molecule has 0 saturated carbocycles. The Bertz CT molecular complexity index is 763. The van der Waals surface area contributed by atoms with Crippen LogP contribution in [0.2, 0.25) is 10.0 Å². The van der Waals surface area contributed by atoms with E-state index in [1.807, 2.05) is 0 Å². The molecule has 0 spiro atoms. The van der Waals surface area contributed by atoms with E-state index in [-0.39, 0.29) is 15.7 Å². The first-order chi connectivity index (χ1) is 9.29. The average molecular weight is 332 g/mol. The number of aryl methyl sites for hydroxylation is 1. The van der Waals surface area contributed by atoms with Crippen LogP contribution in [0, 0.1) is 6.92 Å². The summed E-state index contributed by atoms with van der Waals surface area (Å²) in [7, 11) is -3.88. The highest BCUT2D eigenvalue weighted by molar-refractivity contribution is 7.92. The third kappa shape index (κ3) is 3.15. The van der Waals surface area contributed by atoms with E-state index in [1.165, 1.54) is 30.5 Å². The van der Waals surface area contributed by atoms with Gasteiger partial charge in [0.15, 0.2) is 0 Å². The van der Waals surface area contributed by atoms with Crippen LogP contribution in [0.4, 0.5) is 11.5 Å². The topological polar surface area (TPSA) is 85.1 Å². The average Bonchev–Trinajstić information content (AvgIpc) is 2.33. The molecular formula is C12H11Cl2N3O2S. The fourth-order valence-corrected chi connectivity index (χ4v) is 3.31. The van der Waals surface area contributed by atoms with E-state index in [4.69, 9.17) is 28.9 Å². The molecular weight excluding hydrogens is 321 g/mol. The molecule has 106 valence electrons. The lowest BCUT2D eigenvalue weighted by Gasteiger charge is -2.11. The quantitative estimate of drug-likeness (QED) is 0.846. The number of pyridine rings is 1. The zero-order valence-electron chi connectivity index (χ0n) is 10.4. The van der Waals surface area contributed by atoms with Crippen molar-refractivity contribution in [1.29, 1.82) is 0 Å². The maximum Gasteiger partial charge on any atom is 0.264 e. The second-order valence-electron chi connectivity index (χ2n) is 4.10. The van der Waals surface area contributed by atoms with Crippen molar-refractivity contribution in [3.05, 3.63) is 46.1 Å². The van der Waals surface area contributed by atoms with Crippen molar-refractivity contribution in [2.75, 3.05) is 10.5 Å². The monoisotopic (exact) mass is 331 g/mol. The van der Waals surface area contributed by atoms with Gasteiger partial charge in [-0.1, -0.05) is 23.2 Å². The summed E-state index contributed by atoms with van der Waals surface area (Å²) < 4.78 is 26.8. The predicted octanol–water partition coefficient (Wildman–Crippen LogP) is 3.08. The Morgan fingerprint density at radius 1 is 1.25 bits per heavy atom. The fraction of sp³-hybridized carbons (Fsp3) is 0.0833. The Morgan fingerprint density at radius 3 is 2.60 bits per heavy atom. The molecule has 1 heterocycles. The smallest absolute Gasteiger partial charge is 0.264 e.